The number of fused-ring (bicyclic) bond motifs is 1. The molecule has 0 N–H and O–H groups in total. The normalized spacial score (nSPS) is 20.4. The Morgan fingerprint density at radius 3 is 2.44 bits per heavy atom. The maximum atomic E-state index is 12.6. The molecule has 3 rings (SSSR count). The molecule has 4 nitrogen and oxygen atoms in total. The molecule has 7 heteroatoms. The SMILES string of the molecule is CC1=C([N+](=O)[O-])C(C)=C2C=CN(Cc3ccc(C(F)(F)F)cc3)C2C1. The Balaban J connectivity index is 1.80. The van der Waals surface area contributed by atoms with E-state index >= 15 is 0 Å². The highest BCUT2D eigenvalue weighted by atomic mass is 19.4. The maximum absolute atomic E-state index is 12.6. The molecular formula is C18H17F3N2O2. The molecule has 0 aromatic heterocycles. The first-order valence-electron chi connectivity index (χ1n) is 7.84. The summed E-state index contributed by atoms with van der Waals surface area (Å²) >= 11 is 0. The molecule has 0 bridgehead atoms. The van der Waals surface area contributed by atoms with Crippen LogP contribution in [0.25, 0.3) is 0 Å². The van der Waals surface area contributed by atoms with Crippen LogP contribution in [-0.2, 0) is 12.7 Å². The van der Waals surface area contributed by atoms with Crippen molar-refractivity contribution in [3.05, 3.63) is 80.2 Å². The van der Waals surface area contributed by atoms with Crippen LogP contribution in [0.15, 0.2) is 59.0 Å². The maximum Gasteiger partial charge on any atom is 0.416 e. The van der Waals surface area contributed by atoms with Crippen LogP contribution in [0.3, 0.4) is 0 Å². The molecule has 1 unspecified atom stereocenters. The molecule has 0 fully saturated rings. The zero-order chi connectivity index (χ0) is 18.4. The van der Waals surface area contributed by atoms with Gasteiger partial charge in [0.1, 0.15) is 0 Å². The number of benzene rings is 1. The summed E-state index contributed by atoms with van der Waals surface area (Å²) in [7, 11) is 0. The van der Waals surface area contributed by atoms with Gasteiger partial charge >= 0.3 is 6.18 Å². The Kier molecular flexibility index (Phi) is 4.18. The Morgan fingerprint density at radius 1 is 1.24 bits per heavy atom. The molecule has 1 aromatic carbocycles. The largest absolute Gasteiger partial charge is 0.416 e. The molecule has 0 radical (unpaired) electrons. The van der Waals surface area contributed by atoms with Crippen molar-refractivity contribution in [2.24, 2.45) is 0 Å². The van der Waals surface area contributed by atoms with Gasteiger partial charge in [0, 0.05) is 23.9 Å². The van der Waals surface area contributed by atoms with E-state index < -0.39 is 11.7 Å². The van der Waals surface area contributed by atoms with Crippen molar-refractivity contribution in [2.75, 3.05) is 0 Å². The van der Waals surface area contributed by atoms with E-state index in [9.17, 15) is 23.3 Å². The van der Waals surface area contributed by atoms with Crippen LogP contribution in [0.4, 0.5) is 13.2 Å². The summed E-state index contributed by atoms with van der Waals surface area (Å²) in [6.07, 6.45) is -0.0860. The van der Waals surface area contributed by atoms with Gasteiger partial charge in [-0.25, -0.2) is 0 Å². The predicted molar refractivity (Wildman–Crippen MR) is 86.9 cm³/mol. The molecule has 1 aliphatic heterocycles. The fraction of sp³-hybridized carbons (Fsp3) is 0.333. The van der Waals surface area contributed by atoms with Crippen molar-refractivity contribution in [1.82, 2.24) is 4.90 Å². The average molecular weight is 350 g/mol. The third-order valence-electron chi connectivity index (χ3n) is 4.73. The van der Waals surface area contributed by atoms with Crippen LogP contribution in [-0.4, -0.2) is 15.9 Å². The first kappa shape index (κ1) is 17.3. The number of nitro groups is 1. The second kappa shape index (κ2) is 6.06. The summed E-state index contributed by atoms with van der Waals surface area (Å²) in [5.74, 6) is 0. The highest BCUT2D eigenvalue weighted by molar-refractivity contribution is 5.47. The summed E-state index contributed by atoms with van der Waals surface area (Å²) in [6.45, 7) is 3.96. The van der Waals surface area contributed by atoms with Crippen molar-refractivity contribution in [1.29, 1.82) is 0 Å². The summed E-state index contributed by atoms with van der Waals surface area (Å²) in [5, 5.41) is 11.2. The second-order valence-corrected chi connectivity index (χ2v) is 6.37. The van der Waals surface area contributed by atoms with Crippen LogP contribution in [0, 0.1) is 10.1 Å². The molecule has 0 spiro atoms. The number of nitrogens with zero attached hydrogens (tertiary/aromatic N) is 2. The van der Waals surface area contributed by atoms with Crippen LogP contribution >= 0.6 is 0 Å². The first-order valence-corrected chi connectivity index (χ1v) is 7.84. The molecule has 1 atom stereocenters. The Morgan fingerprint density at radius 2 is 1.88 bits per heavy atom. The van der Waals surface area contributed by atoms with Crippen LogP contribution < -0.4 is 0 Å². The van der Waals surface area contributed by atoms with Gasteiger partial charge in [-0.2, -0.15) is 13.2 Å². The number of rotatable bonds is 3. The van der Waals surface area contributed by atoms with Gasteiger partial charge in [-0.05, 0) is 49.6 Å². The fourth-order valence-electron chi connectivity index (χ4n) is 3.48. The van der Waals surface area contributed by atoms with E-state index in [-0.39, 0.29) is 16.7 Å². The molecule has 0 amide bonds. The summed E-state index contributed by atoms with van der Waals surface area (Å²) in [4.78, 5) is 12.9. The van der Waals surface area contributed by atoms with Crippen LogP contribution in [0.2, 0.25) is 0 Å². The van der Waals surface area contributed by atoms with Crippen molar-refractivity contribution >= 4 is 0 Å². The Hall–Kier alpha value is -2.57. The van der Waals surface area contributed by atoms with Gasteiger partial charge in [0.25, 0.3) is 5.70 Å². The van der Waals surface area contributed by atoms with Gasteiger partial charge in [0.15, 0.2) is 0 Å². The standard InChI is InChI=1S/C18H17F3N2O2/c1-11-9-16-15(12(2)17(11)23(24)25)7-8-22(16)10-13-3-5-14(6-4-13)18(19,20)21/h3-8,16H,9-10H2,1-2H3. The molecule has 0 saturated carbocycles. The third kappa shape index (κ3) is 3.18. The van der Waals surface area contributed by atoms with Gasteiger partial charge < -0.3 is 4.90 Å². The van der Waals surface area contributed by atoms with E-state index in [0.717, 1.165) is 28.8 Å². The lowest BCUT2D eigenvalue weighted by Crippen LogP contribution is -2.31. The van der Waals surface area contributed by atoms with Gasteiger partial charge in [-0.3, -0.25) is 10.1 Å². The molecule has 2 aliphatic rings. The summed E-state index contributed by atoms with van der Waals surface area (Å²) < 4.78 is 37.9. The first-order chi connectivity index (χ1) is 11.7. The number of hydrogen-bond acceptors (Lipinski definition) is 3. The van der Waals surface area contributed by atoms with Crippen molar-refractivity contribution < 1.29 is 18.1 Å². The van der Waals surface area contributed by atoms with Gasteiger partial charge in [-0.15, -0.1) is 0 Å². The zero-order valence-corrected chi connectivity index (χ0v) is 13.8. The summed E-state index contributed by atoms with van der Waals surface area (Å²) in [5.41, 5.74) is 2.55. The Labute approximate surface area is 143 Å². The van der Waals surface area contributed by atoms with Gasteiger partial charge in [0.05, 0.1) is 16.5 Å². The minimum Gasteiger partial charge on any atom is -0.366 e. The topological polar surface area (TPSA) is 46.4 Å². The van der Waals surface area contributed by atoms with Gasteiger partial charge in [-0.1, -0.05) is 12.1 Å². The molecule has 1 aromatic rings. The smallest absolute Gasteiger partial charge is 0.366 e. The van der Waals surface area contributed by atoms with E-state index in [1.807, 2.05) is 17.2 Å². The minimum atomic E-state index is -4.34. The van der Waals surface area contributed by atoms with E-state index in [4.69, 9.17) is 0 Å². The predicted octanol–water partition coefficient (Wildman–Crippen LogP) is 4.67. The van der Waals surface area contributed by atoms with E-state index in [0.29, 0.717) is 18.5 Å². The highest BCUT2D eigenvalue weighted by Crippen LogP contribution is 2.38. The molecular weight excluding hydrogens is 333 g/mol. The van der Waals surface area contributed by atoms with E-state index in [1.165, 1.54) is 12.1 Å². The lowest BCUT2D eigenvalue weighted by atomic mass is 9.87. The van der Waals surface area contributed by atoms with Crippen LogP contribution in [0.1, 0.15) is 31.4 Å². The van der Waals surface area contributed by atoms with Crippen molar-refractivity contribution in [3.8, 4) is 0 Å². The quantitative estimate of drug-likeness (QED) is 0.588. The van der Waals surface area contributed by atoms with Gasteiger partial charge in [0.2, 0.25) is 0 Å². The summed E-state index contributed by atoms with van der Waals surface area (Å²) in [6, 6.07) is 5.09. The zero-order valence-electron chi connectivity index (χ0n) is 13.8. The van der Waals surface area contributed by atoms with Crippen LogP contribution in [0.5, 0.6) is 0 Å². The average Bonchev–Trinajstić information content (AvgIpc) is 2.89. The molecule has 132 valence electrons. The number of hydrogen-bond donors (Lipinski definition) is 0. The number of allylic oxidation sites excluding steroid dienone is 1. The number of halogens is 3. The van der Waals surface area contributed by atoms with E-state index in [1.54, 1.807) is 13.8 Å². The highest BCUT2D eigenvalue weighted by Gasteiger charge is 2.35. The van der Waals surface area contributed by atoms with Crippen molar-refractivity contribution in [2.45, 2.75) is 39.0 Å². The monoisotopic (exact) mass is 350 g/mol. The van der Waals surface area contributed by atoms with E-state index in [2.05, 4.69) is 0 Å². The molecule has 1 heterocycles. The Bertz CT molecular complexity index is 805. The molecule has 1 aliphatic carbocycles. The minimum absolute atomic E-state index is 0.00834. The second-order valence-electron chi connectivity index (χ2n) is 6.37. The molecule has 0 saturated heterocycles. The number of alkyl halides is 3. The lowest BCUT2D eigenvalue weighted by molar-refractivity contribution is -0.422. The van der Waals surface area contributed by atoms with Crippen molar-refractivity contribution in [3.63, 3.8) is 0 Å². The fourth-order valence-corrected chi connectivity index (χ4v) is 3.48. The molecule has 25 heavy (non-hydrogen) atoms. The lowest BCUT2D eigenvalue weighted by Gasteiger charge is -2.30. The third-order valence-corrected chi connectivity index (χ3v) is 4.73.